The summed E-state index contributed by atoms with van der Waals surface area (Å²) < 4.78 is 4.99. The van der Waals surface area contributed by atoms with Gasteiger partial charge in [0.2, 0.25) is 5.91 Å². The molecule has 0 aliphatic heterocycles. The van der Waals surface area contributed by atoms with Crippen LogP contribution in [-0.4, -0.2) is 24.4 Å². The zero-order valence-corrected chi connectivity index (χ0v) is 17.4. The van der Waals surface area contributed by atoms with Crippen LogP contribution in [0.1, 0.15) is 12.8 Å². The Morgan fingerprint density at radius 1 is 0.774 bits per heavy atom. The quantitative estimate of drug-likeness (QED) is 0.506. The third-order valence-corrected chi connectivity index (χ3v) is 4.66. The number of benzene rings is 3. The largest absolute Gasteiger partial charge is 0.456 e. The zero-order chi connectivity index (χ0) is 22.1. The molecule has 0 bridgehead atoms. The topological polar surface area (TPSA) is 75.7 Å². The lowest BCUT2D eigenvalue weighted by molar-refractivity contribution is -0.148. The Balaban J connectivity index is 1.54. The highest BCUT2D eigenvalue weighted by molar-refractivity contribution is 6.33. The molecule has 0 aromatic heterocycles. The second-order valence-corrected chi connectivity index (χ2v) is 7.00. The van der Waals surface area contributed by atoms with E-state index in [1.807, 2.05) is 60.7 Å². The fourth-order valence-corrected chi connectivity index (χ4v) is 3.06. The Kier molecular flexibility index (Phi) is 7.79. The Hall–Kier alpha value is -3.64. The van der Waals surface area contributed by atoms with Crippen molar-refractivity contribution in [2.45, 2.75) is 12.8 Å². The van der Waals surface area contributed by atoms with Crippen molar-refractivity contribution in [1.82, 2.24) is 0 Å². The molecule has 0 aliphatic carbocycles. The maximum absolute atomic E-state index is 12.9. The number of nitrogens with zero attached hydrogens (tertiary/aromatic N) is 1. The number of anilines is 3. The van der Waals surface area contributed by atoms with Gasteiger partial charge in [-0.2, -0.15) is 0 Å². The summed E-state index contributed by atoms with van der Waals surface area (Å²) >= 11 is 5.98. The molecule has 0 spiro atoms. The van der Waals surface area contributed by atoms with E-state index in [0.717, 1.165) is 0 Å². The van der Waals surface area contributed by atoms with Crippen LogP contribution in [0.15, 0.2) is 84.9 Å². The van der Waals surface area contributed by atoms with Gasteiger partial charge in [-0.05, 0) is 36.4 Å². The van der Waals surface area contributed by atoms with Gasteiger partial charge in [0.1, 0.15) is 0 Å². The molecular formula is C24H21ClN2O4. The minimum atomic E-state index is -0.635. The first-order valence-corrected chi connectivity index (χ1v) is 10.1. The smallest absolute Gasteiger partial charge is 0.306 e. The van der Waals surface area contributed by atoms with Crippen LogP contribution < -0.4 is 10.2 Å². The molecule has 0 fully saturated rings. The van der Waals surface area contributed by atoms with Gasteiger partial charge in [0, 0.05) is 17.8 Å². The van der Waals surface area contributed by atoms with Gasteiger partial charge in [-0.25, -0.2) is 0 Å². The monoisotopic (exact) mass is 436 g/mol. The van der Waals surface area contributed by atoms with Gasteiger partial charge in [0.25, 0.3) is 5.91 Å². The van der Waals surface area contributed by atoms with E-state index in [4.69, 9.17) is 16.3 Å². The predicted molar refractivity (Wildman–Crippen MR) is 120 cm³/mol. The Morgan fingerprint density at radius 3 is 1.90 bits per heavy atom. The van der Waals surface area contributed by atoms with Gasteiger partial charge in [-0.1, -0.05) is 60.1 Å². The van der Waals surface area contributed by atoms with E-state index in [-0.39, 0.29) is 18.7 Å². The van der Waals surface area contributed by atoms with Crippen molar-refractivity contribution >= 4 is 46.4 Å². The second kappa shape index (κ2) is 10.9. The number of nitrogens with one attached hydrogen (secondary N) is 1. The molecule has 3 rings (SSSR count). The van der Waals surface area contributed by atoms with Crippen LogP contribution in [0, 0.1) is 0 Å². The lowest BCUT2D eigenvalue weighted by atomic mass is 10.2. The van der Waals surface area contributed by atoms with Crippen molar-refractivity contribution in [1.29, 1.82) is 0 Å². The van der Waals surface area contributed by atoms with Gasteiger partial charge in [0.15, 0.2) is 6.61 Å². The van der Waals surface area contributed by atoms with Gasteiger partial charge in [-0.3, -0.25) is 19.3 Å². The highest BCUT2D eigenvalue weighted by Gasteiger charge is 2.19. The van der Waals surface area contributed by atoms with Gasteiger partial charge in [0.05, 0.1) is 17.1 Å². The highest BCUT2D eigenvalue weighted by atomic mass is 35.5. The van der Waals surface area contributed by atoms with Crippen LogP contribution in [0.4, 0.5) is 17.1 Å². The van der Waals surface area contributed by atoms with E-state index in [1.54, 1.807) is 29.2 Å². The zero-order valence-electron chi connectivity index (χ0n) is 16.7. The molecule has 0 aliphatic rings. The molecule has 3 aromatic carbocycles. The van der Waals surface area contributed by atoms with Crippen LogP contribution in [0.2, 0.25) is 5.02 Å². The Bertz CT molecular complexity index is 1000. The summed E-state index contributed by atoms with van der Waals surface area (Å²) in [6, 6.07) is 25.1. The average Bonchev–Trinajstić information content (AvgIpc) is 2.79. The molecule has 0 heterocycles. The summed E-state index contributed by atoms with van der Waals surface area (Å²) in [4.78, 5) is 38.5. The SMILES string of the molecule is O=C(COC(=O)CCC(=O)N(c1ccccc1)c1ccccc1)Nc1ccccc1Cl. The number of rotatable bonds is 8. The van der Waals surface area contributed by atoms with Crippen LogP contribution in [0.3, 0.4) is 0 Å². The second-order valence-electron chi connectivity index (χ2n) is 6.59. The Labute approximate surface area is 185 Å². The summed E-state index contributed by atoms with van der Waals surface area (Å²) in [5.41, 5.74) is 1.83. The maximum Gasteiger partial charge on any atom is 0.306 e. The maximum atomic E-state index is 12.9. The van der Waals surface area contributed by atoms with E-state index in [1.165, 1.54) is 0 Å². The summed E-state index contributed by atoms with van der Waals surface area (Å²) in [5.74, 6) is -1.40. The number of carbonyl (C=O) groups excluding carboxylic acids is 3. The summed E-state index contributed by atoms with van der Waals surface area (Å²) in [6.45, 7) is -0.459. The minimum absolute atomic E-state index is 0.0608. The molecule has 3 aromatic rings. The number of hydrogen-bond acceptors (Lipinski definition) is 4. The Morgan fingerprint density at radius 2 is 1.32 bits per heavy atom. The summed E-state index contributed by atoms with van der Waals surface area (Å²) in [7, 11) is 0. The first-order valence-electron chi connectivity index (χ1n) is 9.67. The lowest BCUT2D eigenvalue weighted by Gasteiger charge is -2.23. The van der Waals surface area contributed by atoms with Crippen molar-refractivity contribution in [2.75, 3.05) is 16.8 Å². The number of ether oxygens (including phenoxy) is 1. The van der Waals surface area contributed by atoms with Crippen molar-refractivity contribution in [3.63, 3.8) is 0 Å². The number of hydrogen-bond donors (Lipinski definition) is 1. The molecule has 1 N–H and O–H groups in total. The first-order chi connectivity index (χ1) is 15.0. The third-order valence-electron chi connectivity index (χ3n) is 4.33. The molecule has 0 unspecified atom stereocenters. The number of halogens is 1. The van der Waals surface area contributed by atoms with Crippen molar-refractivity contribution in [3.05, 3.63) is 90.0 Å². The van der Waals surface area contributed by atoms with Gasteiger partial charge >= 0.3 is 5.97 Å². The summed E-state index contributed by atoms with van der Waals surface area (Å²) in [6.07, 6.45) is -0.205. The fraction of sp³-hybridized carbons (Fsp3) is 0.125. The molecule has 31 heavy (non-hydrogen) atoms. The normalized spacial score (nSPS) is 10.2. The van der Waals surface area contributed by atoms with E-state index in [2.05, 4.69) is 5.32 Å². The molecule has 2 amide bonds. The molecule has 6 nitrogen and oxygen atoms in total. The van der Waals surface area contributed by atoms with Gasteiger partial charge < -0.3 is 10.1 Å². The molecular weight excluding hydrogens is 416 g/mol. The van der Waals surface area contributed by atoms with E-state index in [9.17, 15) is 14.4 Å². The molecule has 0 saturated carbocycles. The molecule has 0 saturated heterocycles. The van der Waals surface area contributed by atoms with E-state index in [0.29, 0.717) is 22.1 Å². The number of carbonyl (C=O) groups is 3. The highest BCUT2D eigenvalue weighted by Crippen LogP contribution is 2.26. The lowest BCUT2D eigenvalue weighted by Crippen LogP contribution is -2.27. The van der Waals surface area contributed by atoms with Crippen LogP contribution in [0.25, 0.3) is 0 Å². The summed E-state index contributed by atoms with van der Waals surface area (Å²) in [5, 5.41) is 2.95. The fourth-order valence-electron chi connectivity index (χ4n) is 2.88. The van der Waals surface area contributed by atoms with Crippen molar-refractivity contribution in [2.24, 2.45) is 0 Å². The van der Waals surface area contributed by atoms with Gasteiger partial charge in [-0.15, -0.1) is 0 Å². The minimum Gasteiger partial charge on any atom is -0.456 e. The molecule has 0 atom stereocenters. The van der Waals surface area contributed by atoms with E-state index >= 15 is 0 Å². The standard InChI is InChI=1S/C24H21ClN2O4/c25-20-13-7-8-14-21(20)26-22(28)17-31-24(30)16-15-23(29)27(18-9-3-1-4-10-18)19-11-5-2-6-12-19/h1-14H,15-17H2,(H,26,28). The number of para-hydroxylation sites is 3. The molecule has 7 heteroatoms. The van der Waals surface area contributed by atoms with Crippen LogP contribution in [0.5, 0.6) is 0 Å². The first kappa shape index (κ1) is 22.1. The molecule has 158 valence electrons. The third kappa shape index (κ3) is 6.42. The predicted octanol–water partition coefficient (Wildman–Crippen LogP) is 4.97. The average molecular weight is 437 g/mol. The van der Waals surface area contributed by atoms with E-state index < -0.39 is 18.5 Å². The van der Waals surface area contributed by atoms with Crippen LogP contribution >= 0.6 is 11.6 Å². The number of amides is 2. The molecule has 0 radical (unpaired) electrons. The van der Waals surface area contributed by atoms with Crippen molar-refractivity contribution < 1.29 is 19.1 Å². The van der Waals surface area contributed by atoms with Crippen molar-refractivity contribution in [3.8, 4) is 0 Å². The van der Waals surface area contributed by atoms with Crippen LogP contribution in [-0.2, 0) is 19.1 Å². The number of esters is 1.